The van der Waals surface area contributed by atoms with Crippen LogP contribution in [0.25, 0.3) is 10.8 Å². The number of amides is 1. The third kappa shape index (κ3) is 3.94. The molecule has 1 fully saturated rings. The van der Waals surface area contributed by atoms with Gasteiger partial charge in [-0.25, -0.2) is 0 Å². The first-order valence-electron chi connectivity index (χ1n) is 8.92. The molecule has 0 aromatic heterocycles. The normalized spacial score (nSPS) is 17.7. The third-order valence-electron chi connectivity index (χ3n) is 4.90. The Morgan fingerprint density at radius 1 is 1.00 bits per heavy atom. The van der Waals surface area contributed by atoms with Crippen LogP contribution < -0.4 is 11.5 Å². The Morgan fingerprint density at radius 3 is 2.50 bits per heavy atom. The second kappa shape index (κ2) is 7.77. The molecule has 0 radical (unpaired) electrons. The average Bonchev–Trinajstić information content (AvgIpc) is 2.62. The summed E-state index contributed by atoms with van der Waals surface area (Å²) in [5.74, 6) is 0.0584. The number of benzene rings is 2. The summed E-state index contributed by atoms with van der Waals surface area (Å²) in [4.78, 5) is 14.3. The Morgan fingerprint density at radius 2 is 1.71 bits per heavy atom. The van der Waals surface area contributed by atoms with Crippen molar-refractivity contribution in [1.29, 1.82) is 0 Å². The molecule has 0 bridgehead atoms. The zero-order chi connectivity index (χ0) is 16.9. The minimum atomic E-state index is -0.493. The van der Waals surface area contributed by atoms with E-state index in [0.29, 0.717) is 6.42 Å². The van der Waals surface area contributed by atoms with E-state index in [1.807, 2.05) is 17.0 Å². The molecule has 24 heavy (non-hydrogen) atoms. The Kier molecular flexibility index (Phi) is 5.48. The Labute approximate surface area is 143 Å². The van der Waals surface area contributed by atoms with Crippen LogP contribution in [0.3, 0.4) is 0 Å². The molecule has 1 amide bonds. The second-order valence-electron chi connectivity index (χ2n) is 6.83. The van der Waals surface area contributed by atoms with Crippen molar-refractivity contribution in [2.24, 2.45) is 11.5 Å². The van der Waals surface area contributed by atoms with Crippen LogP contribution in [0.5, 0.6) is 0 Å². The summed E-state index contributed by atoms with van der Waals surface area (Å²) in [6, 6.07) is 14.0. The smallest absolute Gasteiger partial charge is 0.239 e. The van der Waals surface area contributed by atoms with E-state index in [9.17, 15) is 4.79 Å². The predicted octanol–water partition coefficient (Wildman–Crippen LogP) is 2.44. The average molecular weight is 325 g/mol. The van der Waals surface area contributed by atoms with Gasteiger partial charge in [0, 0.05) is 19.1 Å². The van der Waals surface area contributed by atoms with E-state index in [4.69, 9.17) is 11.5 Å². The van der Waals surface area contributed by atoms with Crippen LogP contribution in [-0.2, 0) is 11.2 Å². The molecule has 1 unspecified atom stereocenters. The number of nitrogens with two attached hydrogens (primary N) is 2. The molecular formula is C20H27N3O. The molecule has 2 atom stereocenters. The molecule has 1 saturated heterocycles. The number of rotatable bonds is 5. The summed E-state index contributed by atoms with van der Waals surface area (Å²) in [6.45, 7) is 1.68. The molecule has 1 heterocycles. The van der Waals surface area contributed by atoms with Crippen LogP contribution in [0.2, 0.25) is 0 Å². The standard InChI is InChI=1S/C20H27N3O/c21-17(14-19(22)20(24)23-11-4-1-5-12-23)13-16-9-6-8-15-7-2-3-10-18(15)16/h2-3,6-10,17,19H,1,4-5,11-14,21-22H2/t17?,19-/m0/s1. The van der Waals surface area contributed by atoms with Crippen molar-refractivity contribution in [3.05, 3.63) is 48.0 Å². The first-order chi connectivity index (χ1) is 11.6. The molecule has 4 heteroatoms. The molecule has 4 nitrogen and oxygen atoms in total. The lowest BCUT2D eigenvalue weighted by Gasteiger charge is -2.30. The molecule has 2 aromatic rings. The molecule has 1 aliphatic rings. The predicted molar refractivity (Wildman–Crippen MR) is 98.7 cm³/mol. The van der Waals surface area contributed by atoms with E-state index in [1.165, 1.54) is 22.8 Å². The summed E-state index contributed by atoms with van der Waals surface area (Å²) in [5.41, 5.74) is 13.7. The lowest BCUT2D eigenvalue weighted by Crippen LogP contribution is -2.48. The minimum absolute atomic E-state index is 0.0584. The summed E-state index contributed by atoms with van der Waals surface area (Å²) in [5, 5.41) is 2.45. The fraction of sp³-hybridized carbons (Fsp3) is 0.450. The number of likely N-dealkylation sites (tertiary alicyclic amines) is 1. The first kappa shape index (κ1) is 16.9. The number of carbonyl (C=O) groups excluding carboxylic acids is 1. The monoisotopic (exact) mass is 325 g/mol. The largest absolute Gasteiger partial charge is 0.341 e. The maximum atomic E-state index is 12.4. The van der Waals surface area contributed by atoms with Crippen molar-refractivity contribution in [2.75, 3.05) is 13.1 Å². The number of carbonyl (C=O) groups is 1. The molecule has 0 saturated carbocycles. The fourth-order valence-electron chi connectivity index (χ4n) is 3.61. The van der Waals surface area contributed by atoms with Crippen molar-refractivity contribution in [1.82, 2.24) is 4.90 Å². The molecular weight excluding hydrogens is 298 g/mol. The van der Waals surface area contributed by atoms with Crippen LogP contribution in [0, 0.1) is 0 Å². The Hall–Kier alpha value is -1.91. The van der Waals surface area contributed by atoms with Gasteiger partial charge in [-0.15, -0.1) is 0 Å². The lowest BCUT2D eigenvalue weighted by atomic mass is 9.95. The lowest BCUT2D eigenvalue weighted by molar-refractivity contribution is -0.133. The van der Waals surface area contributed by atoms with Gasteiger partial charge in [0.05, 0.1) is 6.04 Å². The van der Waals surface area contributed by atoms with Crippen LogP contribution in [0.1, 0.15) is 31.2 Å². The Bertz CT molecular complexity index is 689. The summed E-state index contributed by atoms with van der Waals surface area (Å²) in [6.07, 6.45) is 4.64. The number of piperidine rings is 1. The van der Waals surface area contributed by atoms with Gasteiger partial charge in [0.15, 0.2) is 0 Å². The molecule has 2 aromatic carbocycles. The second-order valence-corrected chi connectivity index (χ2v) is 6.83. The summed E-state index contributed by atoms with van der Waals surface area (Å²) in [7, 11) is 0. The van der Waals surface area contributed by atoms with E-state index >= 15 is 0 Å². The molecule has 1 aliphatic heterocycles. The minimum Gasteiger partial charge on any atom is -0.341 e. The quantitative estimate of drug-likeness (QED) is 0.887. The number of fused-ring (bicyclic) bond motifs is 1. The van der Waals surface area contributed by atoms with Crippen molar-refractivity contribution >= 4 is 16.7 Å². The Balaban J connectivity index is 1.62. The van der Waals surface area contributed by atoms with Gasteiger partial charge >= 0.3 is 0 Å². The van der Waals surface area contributed by atoms with E-state index in [0.717, 1.165) is 32.4 Å². The van der Waals surface area contributed by atoms with E-state index in [-0.39, 0.29) is 11.9 Å². The van der Waals surface area contributed by atoms with E-state index < -0.39 is 6.04 Å². The SMILES string of the molecule is NC(Cc1cccc2ccccc12)C[C@H](N)C(=O)N1CCCCC1. The number of hydrogen-bond acceptors (Lipinski definition) is 3. The fourth-order valence-corrected chi connectivity index (χ4v) is 3.61. The highest BCUT2D eigenvalue weighted by atomic mass is 16.2. The van der Waals surface area contributed by atoms with Gasteiger partial charge in [0.2, 0.25) is 5.91 Å². The van der Waals surface area contributed by atoms with Gasteiger partial charge in [-0.1, -0.05) is 42.5 Å². The number of nitrogens with zero attached hydrogens (tertiary/aromatic N) is 1. The van der Waals surface area contributed by atoms with Gasteiger partial charge in [0.25, 0.3) is 0 Å². The van der Waals surface area contributed by atoms with Crippen LogP contribution in [0.4, 0.5) is 0 Å². The summed E-state index contributed by atoms with van der Waals surface area (Å²) < 4.78 is 0. The number of hydrogen-bond donors (Lipinski definition) is 2. The zero-order valence-electron chi connectivity index (χ0n) is 14.2. The maximum Gasteiger partial charge on any atom is 0.239 e. The highest BCUT2D eigenvalue weighted by Crippen LogP contribution is 2.20. The van der Waals surface area contributed by atoms with Gasteiger partial charge in [-0.2, -0.15) is 0 Å². The topological polar surface area (TPSA) is 72.3 Å². The molecule has 0 aliphatic carbocycles. The van der Waals surface area contributed by atoms with Crippen LogP contribution in [0.15, 0.2) is 42.5 Å². The van der Waals surface area contributed by atoms with E-state index in [1.54, 1.807) is 0 Å². The van der Waals surface area contributed by atoms with E-state index in [2.05, 4.69) is 30.3 Å². The highest BCUT2D eigenvalue weighted by Gasteiger charge is 2.24. The molecule has 128 valence electrons. The van der Waals surface area contributed by atoms with Crippen molar-refractivity contribution in [2.45, 2.75) is 44.2 Å². The zero-order valence-corrected chi connectivity index (χ0v) is 14.2. The highest BCUT2D eigenvalue weighted by molar-refractivity contribution is 5.85. The van der Waals surface area contributed by atoms with Gasteiger partial charge < -0.3 is 16.4 Å². The van der Waals surface area contributed by atoms with Crippen LogP contribution in [-0.4, -0.2) is 36.0 Å². The van der Waals surface area contributed by atoms with Gasteiger partial charge in [-0.05, 0) is 48.4 Å². The van der Waals surface area contributed by atoms with Crippen molar-refractivity contribution in [3.63, 3.8) is 0 Å². The van der Waals surface area contributed by atoms with Crippen molar-refractivity contribution < 1.29 is 4.79 Å². The third-order valence-corrected chi connectivity index (χ3v) is 4.90. The summed E-state index contributed by atoms with van der Waals surface area (Å²) >= 11 is 0. The molecule has 3 rings (SSSR count). The molecule has 4 N–H and O–H groups in total. The van der Waals surface area contributed by atoms with Gasteiger partial charge in [-0.3, -0.25) is 4.79 Å². The molecule has 0 spiro atoms. The van der Waals surface area contributed by atoms with Crippen molar-refractivity contribution in [3.8, 4) is 0 Å². The first-order valence-corrected chi connectivity index (χ1v) is 8.92. The van der Waals surface area contributed by atoms with Crippen LogP contribution >= 0.6 is 0 Å². The van der Waals surface area contributed by atoms with Gasteiger partial charge in [0.1, 0.15) is 0 Å². The maximum absolute atomic E-state index is 12.4.